The molecule has 0 aliphatic rings. The molecule has 5 heteroatoms. The number of esters is 1. The molecule has 0 saturated carbocycles. The van der Waals surface area contributed by atoms with Crippen LogP contribution in [0.2, 0.25) is 0 Å². The first kappa shape index (κ1) is 15.0. The van der Waals surface area contributed by atoms with Crippen LogP contribution in [0.25, 0.3) is 0 Å². The second-order valence-electron chi connectivity index (χ2n) is 3.84. The number of benzene rings is 1. The number of methoxy groups -OCH3 is 1. The Labute approximate surface area is 112 Å². The van der Waals surface area contributed by atoms with Gasteiger partial charge in [0.1, 0.15) is 11.5 Å². The molecular formula is C14H18O5. The fraction of sp³-hybridized carbons (Fsp3) is 0.429. The van der Waals surface area contributed by atoms with Gasteiger partial charge in [-0.05, 0) is 18.6 Å². The number of aldehydes is 1. The summed E-state index contributed by atoms with van der Waals surface area (Å²) >= 11 is 0. The SMILES string of the molecule is CCCOc1ccc(C=O)c(OCCC(=O)OC)c1. The van der Waals surface area contributed by atoms with Crippen LogP contribution in [0, 0.1) is 0 Å². The third-order valence-corrected chi connectivity index (χ3v) is 2.38. The number of carbonyl (C=O) groups is 2. The molecule has 0 radical (unpaired) electrons. The third-order valence-electron chi connectivity index (χ3n) is 2.38. The third kappa shape index (κ3) is 4.99. The quantitative estimate of drug-likeness (QED) is 0.533. The van der Waals surface area contributed by atoms with E-state index in [2.05, 4.69) is 4.74 Å². The van der Waals surface area contributed by atoms with E-state index in [1.165, 1.54) is 7.11 Å². The fourth-order valence-electron chi connectivity index (χ4n) is 1.39. The molecule has 0 aliphatic carbocycles. The van der Waals surface area contributed by atoms with Crippen molar-refractivity contribution in [1.29, 1.82) is 0 Å². The summed E-state index contributed by atoms with van der Waals surface area (Å²) in [5, 5.41) is 0. The van der Waals surface area contributed by atoms with Crippen LogP contribution in [0.5, 0.6) is 11.5 Å². The number of carbonyl (C=O) groups excluding carboxylic acids is 2. The van der Waals surface area contributed by atoms with Gasteiger partial charge in [0.25, 0.3) is 0 Å². The van der Waals surface area contributed by atoms with Gasteiger partial charge in [0.15, 0.2) is 6.29 Å². The molecule has 0 amide bonds. The monoisotopic (exact) mass is 266 g/mol. The zero-order valence-corrected chi connectivity index (χ0v) is 11.2. The minimum atomic E-state index is -0.356. The lowest BCUT2D eigenvalue weighted by Gasteiger charge is -2.10. The van der Waals surface area contributed by atoms with E-state index >= 15 is 0 Å². The summed E-state index contributed by atoms with van der Waals surface area (Å²) in [7, 11) is 1.32. The van der Waals surface area contributed by atoms with Gasteiger partial charge in [-0.2, -0.15) is 0 Å². The summed E-state index contributed by atoms with van der Waals surface area (Å²) in [4.78, 5) is 21.9. The number of rotatable bonds is 8. The van der Waals surface area contributed by atoms with Crippen molar-refractivity contribution in [2.75, 3.05) is 20.3 Å². The Balaban J connectivity index is 2.67. The number of hydrogen-bond donors (Lipinski definition) is 0. The molecule has 0 heterocycles. The first-order valence-electron chi connectivity index (χ1n) is 6.13. The Morgan fingerprint density at radius 1 is 1.26 bits per heavy atom. The highest BCUT2D eigenvalue weighted by Crippen LogP contribution is 2.24. The van der Waals surface area contributed by atoms with Gasteiger partial charge in [-0.1, -0.05) is 6.92 Å². The van der Waals surface area contributed by atoms with Crippen LogP contribution in [0.4, 0.5) is 0 Å². The summed E-state index contributed by atoms with van der Waals surface area (Å²) in [6.07, 6.45) is 1.74. The van der Waals surface area contributed by atoms with E-state index in [0.717, 1.165) is 6.42 Å². The lowest BCUT2D eigenvalue weighted by Crippen LogP contribution is -2.08. The molecule has 0 fully saturated rings. The van der Waals surface area contributed by atoms with E-state index in [9.17, 15) is 9.59 Å². The zero-order chi connectivity index (χ0) is 14.1. The fourth-order valence-corrected chi connectivity index (χ4v) is 1.39. The van der Waals surface area contributed by atoms with Gasteiger partial charge in [-0.15, -0.1) is 0 Å². The van der Waals surface area contributed by atoms with Crippen LogP contribution in [0.3, 0.4) is 0 Å². The van der Waals surface area contributed by atoms with Gasteiger partial charge in [-0.3, -0.25) is 9.59 Å². The lowest BCUT2D eigenvalue weighted by molar-refractivity contribution is -0.141. The largest absolute Gasteiger partial charge is 0.493 e. The Morgan fingerprint density at radius 3 is 2.68 bits per heavy atom. The highest BCUT2D eigenvalue weighted by atomic mass is 16.5. The standard InChI is InChI=1S/C14H18O5/c1-3-7-18-12-5-4-11(10-15)13(9-12)19-8-6-14(16)17-2/h4-5,9-10H,3,6-8H2,1-2H3. The van der Waals surface area contributed by atoms with Crippen LogP contribution >= 0.6 is 0 Å². The number of hydrogen-bond acceptors (Lipinski definition) is 5. The van der Waals surface area contributed by atoms with Gasteiger partial charge in [0, 0.05) is 6.07 Å². The molecule has 0 atom stereocenters. The van der Waals surface area contributed by atoms with Crippen LogP contribution < -0.4 is 9.47 Å². The van der Waals surface area contributed by atoms with E-state index in [4.69, 9.17) is 9.47 Å². The van der Waals surface area contributed by atoms with E-state index in [-0.39, 0.29) is 19.0 Å². The summed E-state index contributed by atoms with van der Waals surface area (Å²) in [5.41, 5.74) is 0.425. The Bertz CT molecular complexity index is 428. The first-order chi connectivity index (χ1) is 9.21. The van der Waals surface area contributed by atoms with Gasteiger partial charge >= 0.3 is 5.97 Å². The molecule has 104 valence electrons. The summed E-state index contributed by atoms with van der Waals surface area (Å²) in [6, 6.07) is 4.99. The van der Waals surface area contributed by atoms with Crippen LogP contribution in [0.1, 0.15) is 30.1 Å². The first-order valence-corrected chi connectivity index (χ1v) is 6.13. The topological polar surface area (TPSA) is 61.8 Å². The Hall–Kier alpha value is -2.04. The highest BCUT2D eigenvalue weighted by Gasteiger charge is 2.07. The zero-order valence-electron chi connectivity index (χ0n) is 11.2. The summed E-state index contributed by atoms with van der Waals surface area (Å²) in [5.74, 6) is 0.694. The van der Waals surface area contributed by atoms with Crippen molar-refractivity contribution in [2.45, 2.75) is 19.8 Å². The minimum Gasteiger partial charge on any atom is -0.493 e. The minimum absolute atomic E-state index is 0.134. The van der Waals surface area contributed by atoms with Crippen molar-refractivity contribution in [3.8, 4) is 11.5 Å². The molecule has 0 saturated heterocycles. The van der Waals surface area contributed by atoms with Crippen LogP contribution in [-0.4, -0.2) is 32.6 Å². The van der Waals surface area contributed by atoms with Crippen LogP contribution in [-0.2, 0) is 9.53 Å². The summed E-state index contributed by atoms with van der Waals surface area (Å²) < 4.78 is 15.4. The van der Waals surface area contributed by atoms with Gasteiger partial charge in [0.05, 0.1) is 32.3 Å². The summed E-state index contributed by atoms with van der Waals surface area (Å²) in [6.45, 7) is 2.76. The van der Waals surface area contributed by atoms with Gasteiger partial charge < -0.3 is 14.2 Å². The molecule has 0 unspecified atom stereocenters. The molecule has 0 aliphatic heterocycles. The highest BCUT2D eigenvalue weighted by molar-refractivity contribution is 5.79. The van der Waals surface area contributed by atoms with Crippen molar-refractivity contribution in [2.24, 2.45) is 0 Å². The smallest absolute Gasteiger partial charge is 0.308 e. The van der Waals surface area contributed by atoms with Crippen molar-refractivity contribution in [3.05, 3.63) is 23.8 Å². The van der Waals surface area contributed by atoms with Gasteiger partial charge in [-0.25, -0.2) is 0 Å². The molecule has 0 spiro atoms. The molecule has 0 aromatic heterocycles. The van der Waals surface area contributed by atoms with Gasteiger partial charge in [0.2, 0.25) is 0 Å². The van der Waals surface area contributed by atoms with E-state index < -0.39 is 0 Å². The predicted octanol–water partition coefficient (Wildman–Crippen LogP) is 2.23. The Morgan fingerprint density at radius 2 is 2.05 bits per heavy atom. The molecular weight excluding hydrogens is 248 g/mol. The molecule has 1 aromatic rings. The molecule has 1 rings (SSSR count). The molecule has 19 heavy (non-hydrogen) atoms. The molecule has 1 aromatic carbocycles. The van der Waals surface area contributed by atoms with Crippen molar-refractivity contribution >= 4 is 12.3 Å². The second-order valence-corrected chi connectivity index (χ2v) is 3.84. The van der Waals surface area contributed by atoms with Crippen molar-refractivity contribution < 1.29 is 23.8 Å². The molecule has 0 N–H and O–H groups in total. The van der Waals surface area contributed by atoms with E-state index in [0.29, 0.717) is 30.0 Å². The average molecular weight is 266 g/mol. The normalized spacial score (nSPS) is 9.79. The lowest BCUT2D eigenvalue weighted by atomic mass is 10.2. The Kier molecular flexibility index (Phi) is 6.43. The average Bonchev–Trinajstić information content (AvgIpc) is 2.45. The van der Waals surface area contributed by atoms with Crippen molar-refractivity contribution in [3.63, 3.8) is 0 Å². The maximum absolute atomic E-state index is 11.0. The van der Waals surface area contributed by atoms with E-state index in [1.807, 2.05) is 6.92 Å². The van der Waals surface area contributed by atoms with E-state index in [1.54, 1.807) is 18.2 Å². The number of ether oxygens (including phenoxy) is 3. The predicted molar refractivity (Wildman–Crippen MR) is 69.7 cm³/mol. The van der Waals surface area contributed by atoms with Crippen molar-refractivity contribution in [1.82, 2.24) is 0 Å². The maximum Gasteiger partial charge on any atom is 0.308 e. The van der Waals surface area contributed by atoms with Crippen LogP contribution in [0.15, 0.2) is 18.2 Å². The second kappa shape index (κ2) is 8.13. The maximum atomic E-state index is 11.0. The molecule has 5 nitrogen and oxygen atoms in total. The molecule has 0 bridgehead atoms.